The maximum absolute atomic E-state index is 5.86. The molecule has 0 unspecified atom stereocenters. The highest BCUT2D eigenvalue weighted by Crippen LogP contribution is 2.26. The number of thioether (sulfide) groups is 1. The fraction of sp³-hybridized carbons (Fsp3) is 0.200. The quantitative estimate of drug-likeness (QED) is 0.451. The van der Waals surface area contributed by atoms with Crippen molar-refractivity contribution in [2.45, 2.75) is 24.8 Å². The fourth-order valence-electron chi connectivity index (χ4n) is 2.31. The Morgan fingerprint density at radius 3 is 2.36 bits per heavy atom. The lowest BCUT2D eigenvalue weighted by molar-refractivity contribution is 0.411. The Bertz CT molecular complexity index is 851. The Labute approximate surface area is 152 Å². The van der Waals surface area contributed by atoms with Crippen LogP contribution in [-0.2, 0) is 5.75 Å². The van der Waals surface area contributed by atoms with Crippen LogP contribution in [0.1, 0.15) is 16.8 Å². The number of hydrogen-bond acceptors (Lipinski definition) is 5. The van der Waals surface area contributed by atoms with Gasteiger partial charge in [0.05, 0.1) is 7.11 Å². The third-order valence-electron chi connectivity index (χ3n) is 3.71. The molecule has 1 aromatic heterocycles. The van der Waals surface area contributed by atoms with E-state index in [-0.39, 0.29) is 0 Å². The Kier molecular flexibility index (Phi) is 5.56. The summed E-state index contributed by atoms with van der Waals surface area (Å²) in [5.74, 6) is 2.89. The summed E-state index contributed by atoms with van der Waals surface area (Å²) in [6, 6.07) is 17.6. The SMILES string of the molecule is COc1ccc(Oc2cc(C)nc(SCc3ccccc3C)n2)cc1. The Morgan fingerprint density at radius 1 is 0.920 bits per heavy atom. The molecule has 0 aliphatic rings. The highest BCUT2D eigenvalue weighted by molar-refractivity contribution is 7.98. The largest absolute Gasteiger partial charge is 0.497 e. The van der Waals surface area contributed by atoms with E-state index in [1.807, 2.05) is 43.3 Å². The average Bonchev–Trinajstić information content (AvgIpc) is 2.61. The molecular formula is C20H20N2O2S. The number of hydrogen-bond donors (Lipinski definition) is 0. The van der Waals surface area contributed by atoms with Crippen molar-refractivity contribution in [3.05, 3.63) is 71.4 Å². The van der Waals surface area contributed by atoms with Crippen molar-refractivity contribution >= 4 is 11.8 Å². The minimum atomic E-state index is 0.546. The third kappa shape index (κ3) is 4.73. The van der Waals surface area contributed by atoms with Gasteiger partial charge in [0.1, 0.15) is 11.5 Å². The summed E-state index contributed by atoms with van der Waals surface area (Å²) in [6.45, 7) is 4.06. The number of rotatable bonds is 6. The molecule has 3 aromatic rings. The standard InChI is InChI=1S/C20H20N2O2S/c1-14-6-4-5-7-16(14)13-25-20-21-15(2)12-19(22-20)24-18-10-8-17(23-3)9-11-18/h4-12H,13H2,1-3H3. The van der Waals surface area contributed by atoms with Crippen LogP contribution in [0.4, 0.5) is 0 Å². The molecular weight excluding hydrogens is 332 g/mol. The lowest BCUT2D eigenvalue weighted by Gasteiger charge is -2.09. The monoisotopic (exact) mass is 352 g/mol. The first-order valence-electron chi connectivity index (χ1n) is 7.99. The molecule has 0 radical (unpaired) electrons. The zero-order valence-corrected chi connectivity index (χ0v) is 15.3. The minimum absolute atomic E-state index is 0.546. The second-order valence-electron chi connectivity index (χ2n) is 5.62. The molecule has 0 aliphatic heterocycles. The normalized spacial score (nSPS) is 10.5. The van der Waals surface area contributed by atoms with E-state index in [2.05, 4.69) is 35.1 Å². The Hall–Kier alpha value is -2.53. The first-order valence-corrected chi connectivity index (χ1v) is 8.97. The van der Waals surface area contributed by atoms with Crippen LogP contribution in [-0.4, -0.2) is 17.1 Å². The molecule has 0 aliphatic carbocycles. The van der Waals surface area contributed by atoms with Crippen LogP contribution in [0.2, 0.25) is 0 Å². The molecule has 2 aromatic carbocycles. The van der Waals surface area contributed by atoms with Crippen LogP contribution in [0.15, 0.2) is 59.8 Å². The molecule has 0 saturated carbocycles. The van der Waals surface area contributed by atoms with E-state index in [0.717, 1.165) is 17.2 Å². The number of benzene rings is 2. The van der Waals surface area contributed by atoms with Crippen LogP contribution in [0.25, 0.3) is 0 Å². The molecule has 128 valence electrons. The van der Waals surface area contributed by atoms with Gasteiger partial charge in [0.15, 0.2) is 5.16 Å². The molecule has 0 fully saturated rings. The summed E-state index contributed by atoms with van der Waals surface area (Å²) in [4.78, 5) is 9.01. The maximum atomic E-state index is 5.86. The van der Waals surface area contributed by atoms with Crippen molar-refractivity contribution in [2.75, 3.05) is 7.11 Å². The van der Waals surface area contributed by atoms with Gasteiger partial charge in [-0.1, -0.05) is 36.0 Å². The number of methoxy groups -OCH3 is 1. The summed E-state index contributed by atoms with van der Waals surface area (Å²) in [5.41, 5.74) is 3.44. The van der Waals surface area contributed by atoms with Gasteiger partial charge in [-0.25, -0.2) is 4.98 Å². The van der Waals surface area contributed by atoms with E-state index in [0.29, 0.717) is 16.8 Å². The van der Waals surface area contributed by atoms with Gasteiger partial charge >= 0.3 is 0 Å². The maximum Gasteiger partial charge on any atom is 0.223 e. The van der Waals surface area contributed by atoms with Crippen molar-refractivity contribution in [3.8, 4) is 17.4 Å². The first-order chi connectivity index (χ1) is 12.1. The number of aryl methyl sites for hydroxylation is 2. The molecule has 4 nitrogen and oxygen atoms in total. The van der Waals surface area contributed by atoms with E-state index in [4.69, 9.17) is 9.47 Å². The zero-order chi connectivity index (χ0) is 17.6. The van der Waals surface area contributed by atoms with Crippen molar-refractivity contribution in [2.24, 2.45) is 0 Å². The lowest BCUT2D eigenvalue weighted by Crippen LogP contribution is -1.96. The topological polar surface area (TPSA) is 44.2 Å². The lowest BCUT2D eigenvalue weighted by atomic mass is 10.1. The molecule has 3 rings (SSSR count). The Morgan fingerprint density at radius 2 is 1.64 bits per heavy atom. The highest BCUT2D eigenvalue weighted by atomic mass is 32.2. The van der Waals surface area contributed by atoms with Gasteiger partial charge in [0.2, 0.25) is 5.88 Å². The van der Waals surface area contributed by atoms with Gasteiger partial charge in [0, 0.05) is 17.5 Å². The van der Waals surface area contributed by atoms with Crippen molar-refractivity contribution in [3.63, 3.8) is 0 Å². The smallest absolute Gasteiger partial charge is 0.223 e. The molecule has 0 amide bonds. The minimum Gasteiger partial charge on any atom is -0.497 e. The van der Waals surface area contributed by atoms with Crippen molar-refractivity contribution < 1.29 is 9.47 Å². The van der Waals surface area contributed by atoms with Gasteiger partial charge in [0.25, 0.3) is 0 Å². The summed E-state index contributed by atoms with van der Waals surface area (Å²) < 4.78 is 11.0. The average molecular weight is 352 g/mol. The second kappa shape index (κ2) is 8.03. The predicted molar refractivity (Wildman–Crippen MR) is 101 cm³/mol. The van der Waals surface area contributed by atoms with E-state index < -0.39 is 0 Å². The van der Waals surface area contributed by atoms with Gasteiger partial charge in [-0.05, 0) is 49.2 Å². The summed E-state index contributed by atoms with van der Waals surface area (Å²) in [6.07, 6.45) is 0. The van der Waals surface area contributed by atoms with Crippen LogP contribution < -0.4 is 9.47 Å². The van der Waals surface area contributed by atoms with E-state index in [1.54, 1.807) is 18.9 Å². The van der Waals surface area contributed by atoms with Crippen molar-refractivity contribution in [1.29, 1.82) is 0 Å². The van der Waals surface area contributed by atoms with Crippen molar-refractivity contribution in [1.82, 2.24) is 9.97 Å². The fourth-order valence-corrected chi connectivity index (χ4v) is 3.28. The Balaban J connectivity index is 1.72. The van der Waals surface area contributed by atoms with Gasteiger partial charge in [-0.2, -0.15) is 4.98 Å². The van der Waals surface area contributed by atoms with Crippen LogP contribution in [0.3, 0.4) is 0 Å². The molecule has 1 heterocycles. The van der Waals surface area contributed by atoms with E-state index in [1.165, 1.54) is 11.1 Å². The van der Waals surface area contributed by atoms with Crippen LogP contribution in [0, 0.1) is 13.8 Å². The molecule has 0 N–H and O–H groups in total. The molecule has 25 heavy (non-hydrogen) atoms. The summed E-state index contributed by atoms with van der Waals surface area (Å²) >= 11 is 1.61. The highest BCUT2D eigenvalue weighted by Gasteiger charge is 2.07. The molecule has 0 atom stereocenters. The van der Waals surface area contributed by atoms with E-state index >= 15 is 0 Å². The van der Waals surface area contributed by atoms with E-state index in [9.17, 15) is 0 Å². The number of nitrogens with zero attached hydrogens (tertiary/aromatic N) is 2. The predicted octanol–water partition coefficient (Wildman–Crippen LogP) is 5.19. The van der Waals surface area contributed by atoms with Gasteiger partial charge in [-0.15, -0.1) is 0 Å². The van der Waals surface area contributed by atoms with Gasteiger partial charge < -0.3 is 9.47 Å². The summed E-state index contributed by atoms with van der Waals surface area (Å²) in [5, 5.41) is 0.715. The molecule has 5 heteroatoms. The number of aromatic nitrogens is 2. The zero-order valence-electron chi connectivity index (χ0n) is 14.5. The van der Waals surface area contributed by atoms with Crippen LogP contribution in [0.5, 0.6) is 17.4 Å². The summed E-state index contributed by atoms with van der Waals surface area (Å²) in [7, 11) is 1.64. The molecule has 0 saturated heterocycles. The first kappa shape index (κ1) is 17.3. The molecule has 0 bridgehead atoms. The van der Waals surface area contributed by atoms with Gasteiger partial charge in [-0.3, -0.25) is 0 Å². The van der Waals surface area contributed by atoms with Crippen LogP contribution >= 0.6 is 11.8 Å². The second-order valence-corrected chi connectivity index (χ2v) is 6.57. The molecule has 0 spiro atoms. The number of ether oxygens (including phenoxy) is 2. The third-order valence-corrected chi connectivity index (χ3v) is 4.61.